The fourth-order valence-electron chi connectivity index (χ4n) is 4.94. The smallest absolute Gasteiger partial charge is 0.387 e. The molecule has 0 bridgehead atoms. The van der Waals surface area contributed by atoms with Crippen molar-refractivity contribution in [2.24, 2.45) is 10.7 Å². The van der Waals surface area contributed by atoms with Gasteiger partial charge in [-0.25, -0.2) is 4.99 Å². The van der Waals surface area contributed by atoms with E-state index in [2.05, 4.69) is 14.7 Å². The topological polar surface area (TPSA) is 90.0 Å². The fraction of sp³-hybridized carbons (Fsp3) is 0.269. The lowest BCUT2D eigenvalue weighted by Crippen LogP contribution is -2.51. The van der Waals surface area contributed by atoms with Crippen molar-refractivity contribution < 1.29 is 23.0 Å². The molecule has 186 valence electrons. The highest BCUT2D eigenvalue weighted by atomic mass is 35.5. The number of fused-ring (bicyclic) bond motifs is 2. The van der Waals surface area contributed by atoms with Crippen molar-refractivity contribution >= 4 is 23.5 Å². The molecule has 36 heavy (non-hydrogen) atoms. The van der Waals surface area contributed by atoms with Crippen LogP contribution in [0.5, 0.6) is 11.5 Å². The van der Waals surface area contributed by atoms with Gasteiger partial charge in [-0.15, -0.1) is 0 Å². The van der Waals surface area contributed by atoms with Crippen LogP contribution in [0.3, 0.4) is 0 Å². The van der Waals surface area contributed by atoms with Gasteiger partial charge in [-0.3, -0.25) is 14.7 Å². The first-order chi connectivity index (χ1) is 17.1. The van der Waals surface area contributed by atoms with E-state index in [9.17, 15) is 13.6 Å². The van der Waals surface area contributed by atoms with E-state index in [-0.39, 0.29) is 24.0 Å². The van der Waals surface area contributed by atoms with Crippen LogP contribution in [0, 0.1) is 0 Å². The molecule has 2 atom stereocenters. The molecule has 1 aromatic heterocycles. The van der Waals surface area contributed by atoms with Crippen LogP contribution in [-0.2, 0) is 16.8 Å². The predicted molar refractivity (Wildman–Crippen MR) is 131 cm³/mol. The number of ether oxygens (including phenoxy) is 2. The molecule has 0 unspecified atom stereocenters. The van der Waals surface area contributed by atoms with E-state index in [1.54, 1.807) is 37.6 Å². The molecule has 2 aliphatic rings. The molecular weight excluding hydrogens is 490 g/mol. The molecule has 3 heterocycles. The highest BCUT2D eigenvalue weighted by molar-refractivity contribution is 6.30. The number of aliphatic imine (C=N–C) groups is 1. The maximum absolute atomic E-state index is 13.6. The van der Waals surface area contributed by atoms with Gasteiger partial charge in [0.2, 0.25) is 0 Å². The van der Waals surface area contributed by atoms with Gasteiger partial charge in [0.1, 0.15) is 17.1 Å². The summed E-state index contributed by atoms with van der Waals surface area (Å²) in [6.07, 6.45) is 3.86. The summed E-state index contributed by atoms with van der Waals surface area (Å²) in [6, 6.07) is 13.7. The van der Waals surface area contributed by atoms with Gasteiger partial charge < -0.3 is 15.2 Å². The number of nitrogens with two attached hydrogens (primary N) is 1. The number of hydrogen-bond acceptors (Lipinski definition) is 6. The summed E-state index contributed by atoms with van der Waals surface area (Å²) in [4.78, 5) is 23.8. The summed E-state index contributed by atoms with van der Waals surface area (Å²) in [6.45, 7) is -0.999. The quantitative estimate of drug-likeness (QED) is 0.532. The molecule has 0 saturated heterocycles. The van der Waals surface area contributed by atoms with Gasteiger partial charge in [0, 0.05) is 43.4 Å². The monoisotopic (exact) mass is 512 g/mol. The maximum Gasteiger partial charge on any atom is 0.387 e. The number of nitrogens with zero attached hydrogens (tertiary/aromatic N) is 3. The van der Waals surface area contributed by atoms with Gasteiger partial charge in [0.15, 0.2) is 11.5 Å². The molecule has 0 saturated carbocycles. The number of aromatic nitrogens is 1. The number of carbonyl (C=O) groups excluding carboxylic acids is 1. The zero-order valence-electron chi connectivity index (χ0n) is 19.5. The highest BCUT2D eigenvalue weighted by Crippen LogP contribution is 2.50. The van der Waals surface area contributed by atoms with E-state index in [1.165, 1.54) is 17.0 Å². The van der Waals surface area contributed by atoms with Crippen molar-refractivity contribution in [2.45, 2.75) is 37.5 Å². The second-order valence-electron chi connectivity index (χ2n) is 9.23. The lowest BCUT2D eigenvalue weighted by Gasteiger charge is -2.43. The van der Waals surface area contributed by atoms with Crippen LogP contribution in [0.1, 0.15) is 24.5 Å². The van der Waals surface area contributed by atoms with E-state index < -0.39 is 17.8 Å². The lowest BCUT2D eigenvalue weighted by molar-refractivity contribution is -0.133. The largest absolute Gasteiger partial charge is 0.487 e. The number of benzene rings is 2. The third kappa shape index (κ3) is 4.24. The van der Waals surface area contributed by atoms with Crippen LogP contribution in [0.25, 0.3) is 11.1 Å². The summed E-state index contributed by atoms with van der Waals surface area (Å²) in [5.41, 5.74) is 7.02. The second-order valence-corrected chi connectivity index (χ2v) is 9.66. The summed E-state index contributed by atoms with van der Waals surface area (Å²) in [5.74, 6) is 0.454. The molecule has 1 amide bonds. The Kier molecular flexibility index (Phi) is 5.83. The van der Waals surface area contributed by atoms with Crippen molar-refractivity contribution in [1.29, 1.82) is 0 Å². The molecular formula is C26H23ClF2N4O3. The van der Waals surface area contributed by atoms with Gasteiger partial charge in [-0.1, -0.05) is 29.8 Å². The Morgan fingerprint density at radius 3 is 2.56 bits per heavy atom. The van der Waals surface area contributed by atoms with Gasteiger partial charge in [0.05, 0.1) is 5.02 Å². The molecule has 0 fully saturated rings. The Morgan fingerprint density at radius 1 is 1.17 bits per heavy atom. The number of rotatable bonds is 5. The minimum absolute atomic E-state index is 0.0679. The van der Waals surface area contributed by atoms with E-state index in [4.69, 9.17) is 22.1 Å². The number of pyridine rings is 1. The van der Waals surface area contributed by atoms with E-state index in [0.29, 0.717) is 22.8 Å². The Balaban J connectivity index is 1.55. The number of halogens is 3. The summed E-state index contributed by atoms with van der Waals surface area (Å²) < 4.78 is 35.9. The van der Waals surface area contributed by atoms with Crippen molar-refractivity contribution in [3.63, 3.8) is 0 Å². The standard InChI is InChI=1S/C26H23ClF2N4O3/c1-25(11-15-3-6-19(7-4-15)35-23(28)29)14-26(22(34)33(2)24(30)32-26)20-10-16(5-8-21(20)36-25)17-9-18(27)13-31-12-17/h3-10,12-13,23H,11,14H2,1-2H3,(H2,30,32)/t25-,26-/m1/s1. The fourth-order valence-corrected chi connectivity index (χ4v) is 5.11. The average molecular weight is 513 g/mol. The van der Waals surface area contributed by atoms with Crippen LogP contribution >= 0.6 is 11.6 Å². The zero-order chi connectivity index (χ0) is 25.7. The molecule has 0 radical (unpaired) electrons. The first-order valence-corrected chi connectivity index (χ1v) is 11.6. The van der Waals surface area contributed by atoms with E-state index in [1.807, 2.05) is 25.1 Å². The third-order valence-electron chi connectivity index (χ3n) is 6.48. The molecule has 10 heteroatoms. The SMILES string of the molecule is CN1C(=O)[C@]2(C[C@@](C)(Cc3ccc(OC(F)F)cc3)Oc3ccc(-c4cncc(Cl)c4)cc32)N=C1N. The van der Waals surface area contributed by atoms with Crippen LogP contribution in [0.4, 0.5) is 8.78 Å². The number of hydrogen-bond donors (Lipinski definition) is 1. The van der Waals surface area contributed by atoms with Crippen molar-refractivity contribution in [2.75, 3.05) is 7.05 Å². The first kappa shape index (κ1) is 24.0. The van der Waals surface area contributed by atoms with Gasteiger partial charge in [-0.2, -0.15) is 8.78 Å². The minimum Gasteiger partial charge on any atom is -0.487 e. The maximum atomic E-state index is 13.6. The van der Waals surface area contributed by atoms with Gasteiger partial charge in [-0.05, 0) is 48.4 Å². The van der Waals surface area contributed by atoms with Crippen LogP contribution in [0.15, 0.2) is 65.9 Å². The van der Waals surface area contributed by atoms with E-state index in [0.717, 1.165) is 16.7 Å². The molecule has 5 rings (SSSR count). The molecule has 3 aromatic rings. The minimum atomic E-state index is -2.90. The normalized spacial score (nSPS) is 23.0. The number of alkyl halides is 2. The average Bonchev–Trinajstić information content (AvgIpc) is 3.03. The molecule has 2 N–H and O–H groups in total. The van der Waals surface area contributed by atoms with Crippen LogP contribution in [-0.4, -0.2) is 41.0 Å². The molecule has 7 nitrogen and oxygen atoms in total. The van der Waals surface area contributed by atoms with Crippen molar-refractivity contribution in [3.05, 3.63) is 77.1 Å². The first-order valence-electron chi connectivity index (χ1n) is 11.2. The molecule has 2 aliphatic heterocycles. The van der Waals surface area contributed by atoms with Crippen molar-refractivity contribution in [1.82, 2.24) is 9.88 Å². The predicted octanol–water partition coefficient (Wildman–Crippen LogP) is 4.77. The van der Waals surface area contributed by atoms with Crippen LogP contribution < -0.4 is 15.2 Å². The number of carbonyl (C=O) groups is 1. The molecule has 0 aliphatic carbocycles. The molecule has 2 aromatic carbocycles. The summed E-state index contributed by atoms with van der Waals surface area (Å²) in [5, 5.41) is 0.493. The Bertz CT molecular complexity index is 1370. The Labute approximate surface area is 211 Å². The number of guanidine groups is 1. The van der Waals surface area contributed by atoms with E-state index >= 15 is 0 Å². The zero-order valence-corrected chi connectivity index (χ0v) is 20.3. The Morgan fingerprint density at radius 2 is 1.92 bits per heavy atom. The van der Waals surface area contributed by atoms with Crippen LogP contribution in [0.2, 0.25) is 5.02 Å². The second kappa shape index (κ2) is 8.74. The molecule has 1 spiro atoms. The lowest BCUT2D eigenvalue weighted by atomic mass is 9.74. The van der Waals surface area contributed by atoms with Gasteiger partial charge >= 0.3 is 6.61 Å². The highest BCUT2D eigenvalue weighted by Gasteiger charge is 2.56. The Hall–Kier alpha value is -3.72. The van der Waals surface area contributed by atoms with Crippen molar-refractivity contribution in [3.8, 4) is 22.6 Å². The van der Waals surface area contributed by atoms with Gasteiger partial charge in [0.25, 0.3) is 5.91 Å². The number of likely N-dealkylation sites (N-methyl/N-ethyl adjacent to an activating group) is 1. The third-order valence-corrected chi connectivity index (χ3v) is 6.69. The summed E-state index contributed by atoms with van der Waals surface area (Å²) >= 11 is 6.14. The number of amides is 1. The summed E-state index contributed by atoms with van der Waals surface area (Å²) in [7, 11) is 1.59.